The van der Waals surface area contributed by atoms with Gasteiger partial charge in [0.05, 0.1) is 23.8 Å². The lowest BCUT2D eigenvalue weighted by Gasteiger charge is -2.29. The van der Waals surface area contributed by atoms with Crippen LogP contribution in [-0.2, 0) is 19.6 Å². The fourth-order valence-corrected chi connectivity index (χ4v) is 4.07. The second-order valence-corrected chi connectivity index (χ2v) is 8.43. The summed E-state index contributed by atoms with van der Waals surface area (Å²) in [7, 11) is -3.51. The van der Waals surface area contributed by atoms with Crippen molar-refractivity contribution < 1.29 is 22.3 Å². The highest BCUT2D eigenvalue weighted by molar-refractivity contribution is 7.89. The van der Waals surface area contributed by atoms with Gasteiger partial charge < -0.3 is 15.0 Å². The number of hydrogen-bond acceptors (Lipinski definition) is 5. The van der Waals surface area contributed by atoms with Crippen molar-refractivity contribution in [1.82, 2.24) is 4.72 Å². The van der Waals surface area contributed by atoms with Crippen LogP contribution in [0.25, 0.3) is 6.08 Å². The van der Waals surface area contributed by atoms with Crippen LogP contribution in [0.4, 0.5) is 15.8 Å². The first-order valence-electron chi connectivity index (χ1n) is 9.60. The zero-order valence-electron chi connectivity index (χ0n) is 16.6. The van der Waals surface area contributed by atoms with E-state index in [4.69, 9.17) is 4.74 Å². The maximum Gasteiger partial charge on any atom is 0.248 e. The van der Waals surface area contributed by atoms with Crippen molar-refractivity contribution in [2.24, 2.45) is 0 Å². The summed E-state index contributed by atoms with van der Waals surface area (Å²) in [5, 5.41) is 2.62. The first-order valence-corrected chi connectivity index (χ1v) is 11.1. The molecule has 0 unspecified atom stereocenters. The minimum Gasteiger partial charge on any atom is -0.378 e. The average molecular weight is 434 g/mol. The van der Waals surface area contributed by atoms with Gasteiger partial charge in [-0.2, -0.15) is 0 Å². The molecular weight excluding hydrogens is 409 g/mol. The Bertz CT molecular complexity index is 1020. The summed E-state index contributed by atoms with van der Waals surface area (Å²) in [4.78, 5) is 14.2. The number of amides is 1. The topological polar surface area (TPSA) is 87.7 Å². The van der Waals surface area contributed by atoms with Crippen molar-refractivity contribution >= 4 is 33.4 Å². The number of hydrogen-bond donors (Lipinski definition) is 2. The maximum absolute atomic E-state index is 14.4. The van der Waals surface area contributed by atoms with Crippen LogP contribution in [0.15, 0.2) is 53.4 Å². The molecule has 1 amide bonds. The standard InChI is InChI=1S/C21H24FN3O4S/c1-2-23-30(27,28)18-7-3-16(4-8-18)5-10-21(26)24-17-6-9-20(19(22)15-17)25-11-13-29-14-12-25/h3-10,15,23H,2,11-14H2,1H3,(H,24,26)/b10-5+. The molecule has 1 heterocycles. The number of benzene rings is 2. The van der Waals surface area contributed by atoms with Crippen molar-refractivity contribution in [1.29, 1.82) is 0 Å². The molecule has 0 saturated carbocycles. The van der Waals surface area contributed by atoms with Crippen LogP contribution in [0.1, 0.15) is 12.5 Å². The Morgan fingerprint density at radius 3 is 2.50 bits per heavy atom. The third-order valence-corrected chi connectivity index (χ3v) is 6.08. The first kappa shape index (κ1) is 21.9. The predicted molar refractivity (Wildman–Crippen MR) is 114 cm³/mol. The summed E-state index contributed by atoms with van der Waals surface area (Å²) in [5.41, 5.74) is 1.50. The number of carbonyl (C=O) groups is 1. The van der Waals surface area contributed by atoms with Crippen molar-refractivity contribution in [2.45, 2.75) is 11.8 Å². The summed E-state index contributed by atoms with van der Waals surface area (Å²) in [6.07, 6.45) is 2.86. The van der Waals surface area contributed by atoms with Crippen molar-refractivity contribution in [3.8, 4) is 0 Å². The molecule has 30 heavy (non-hydrogen) atoms. The molecule has 0 bridgehead atoms. The Hall–Kier alpha value is -2.75. The molecule has 9 heteroatoms. The number of halogens is 1. The van der Waals surface area contributed by atoms with Gasteiger partial charge >= 0.3 is 0 Å². The summed E-state index contributed by atoms with van der Waals surface area (Å²) < 4.78 is 46.0. The van der Waals surface area contributed by atoms with E-state index in [1.165, 1.54) is 24.3 Å². The largest absolute Gasteiger partial charge is 0.378 e. The summed E-state index contributed by atoms with van der Waals surface area (Å²) in [5.74, 6) is -0.825. The number of nitrogens with zero attached hydrogens (tertiary/aromatic N) is 1. The molecular formula is C21H24FN3O4S. The molecule has 0 spiro atoms. The average Bonchev–Trinajstić information content (AvgIpc) is 2.73. The third kappa shape index (κ3) is 5.65. The Kier molecular flexibility index (Phi) is 7.20. The van der Waals surface area contributed by atoms with Crippen LogP contribution in [0.3, 0.4) is 0 Å². The number of ether oxygens (including phenoxy) is 1. The number of sulfonamides is 1. The van der Waals surface area contributed by atoms with Crippen LogP contribution in [-0.4, -0.2) is 47.2 Å². The highest BCUT2D eigenvalue weighted by Crippen LogP contribution is 2.23. The summed E-state index contributed by atoms with van der Waals surface area (Å²) >= 11 is 0. The van der Waals surface area contributed by atoms with Gasteiger partial charge in [0.1, 0.15) is 5.82 Å². The number of morpholine rings is 1. The van der Waals surface area contributed by atoms with Crippen LogP contribution in [0.5, 0.6) is 0 Å². The van der Waals surface area contributed by atoms with E-state index in [9.17, 15) is 17.6 Å². The highest BCUT2D eigenvalue weighted by Gasteiger charge is 2.15. The molecule has 1 aliphatic heterocycles. The van der Waals surface area contributed by atoms with Gasteiger partial charge in [0.25, 0.3) is 0 Å². The maximum atomic E-state index is 14.4. The third-order valence-electron chi connectivity index (χ3n) is 4.52. The van der Waals surface area contributed by atoms with E-state index < -0.39 is 21.7 Å². The monoisotopic (exact) mass is 433 g/mol. The van der Waals surface area contributed by atoms with Gasteiger partial charge in [0, 0.05) is 31.4 Å². The molecule has 2 N–H and O–H groups in total. The fourth-order valence-electron chi connectivity index (χ4n) is 3.03. The smallest absolute Gasteiger partial charge is 0.248 e. The molecule has 0 radical (unpaired) electrons. The molecule has 0 aromatic heterocycles. The number of rotatable bonds is 7. The van der Waals surface area contributed by atoms with E-state index in [0.717, 1.165) is 0 Å². The van der Waals surface area contributed by atoms with Gasteiger partial charge in [-0.3, -0.25) is 4.79 Å². The lowest BCUT2D eigenvalue weighted by molar-refractivity contribution is -0.111. The normalized spacial score (nSPS) is 14.8. The van der Waals surface area contributed by atoms with Gasteiger partial charge in [-0.1, -0.05) is 19.1 Å². The minimum atomic E-state index is -3.51. The van der Waals surface area contributed by atoms with Gasteiger partial charge in [0.2, 0.25) is 15.9 Å². The van der Waals surface area contributed by atoms with Gasteiger partial charge in [0.15, 0.2) is 0 Å². The van der Waals surface area contributed by atoms with Crippen molar-refractivity contribution in [3.05, 3.63) is 59.9 Å². The molecule has 1 aliphatic rings. The van der Waals surface area contributed by atoms with Gasteiger partial charge in [-0.25, -0.2) is 17.5 Å². The Balaban J connectivity index is 1.61. The Morgan fingerprint density at radius 2 is 1.87 bits per heavy atom. The number of anilines is 2. The Labute approximate surface area is 175 Å². The minimum absolute atomic E-state index is 0.154. The van der Waals surface area contributed by atoms with E-state index in [1.807, 2.05) is 4.90 Å². The van der Waals surface area contributed by atoms with Crippen LogP contribution >= 0.6 is 0 Å². The second kappa shape index (κ2) is 9.84. The molecule has 0 atom stereocenters. The van der Waals surface area contributed by atoms with E-state index in [2.05, 4.69) is 10.0 Å². The molecule has 2 aromatic carbocycles. The Morgan fingerprint density at radius 1 is 1.17 bits per heavy atom. The van der Waals surface area contributed by atoms with Gasteiger partial charge in [-0.15, -0.1) is 0 Å². The predicted octanol–water partition coefficient (Wildman–Crippen LogP) is 2.61. The van der Waals surface area contributed by atoms with Crippen molar-refractivity contribution in [2.75, 3.05) is 43.1 Å². The molecule has 2 aromatic rings. The number of carbonyl (C=O) groups excluding carboxylic acids is 1. The van der Waals surface area contributed by atoms with E-state index in [-0.39, 0.29) is 4.90 Å². The lowest BCUT2D eigenvalue weighted by atomic mass is 10.2. The SMILES string of the molecule is CCNS(=O)(=O)c1ccc(/C=C/C(=O)Nc2ccc(N3CCOCC3)c(F)c2)cc1. The van der Waals surface area contributed by atoms with E-state index in [0.29, 0.717) is 49.8 Å². The molecule has 3 rings (SSSR count). The van der Waals surface area contributed by atoms with E-state index >= 15 is 0 Å². The molecule has 0 aliphatic carbocycles. The fraction of sp³-hybridized carbons (Fsp3) is 0.286. The first-order chi connectivity index (χ1) is 14.4. The number of nitrogens with one attached hydrogen (secondary N) is 2. The zero-order valence-corrected chi connectivity index (χ0v) is 17.4. The molecule has 7 nitrogen and oxygen atoms in total. The summed E-state index contributed by atoms with van der Waals surface area (Å²) in [6, 6.07) is 10.7. The van der Waals surface area contributed by atoms with Gasteiger partial charge in [-0.05, 0) is 42.0 Å². The zero-order chi connectivity index (χ0) is 21.6. The quantitative estimate of drug-likeness (QED) is 0.656. The molecule has 1 fully saturated rings. The van der Waals surface area contributed by atoms with Crippen LogP contribution < -0.4 is 14.9 Å². The lowest BCUT2D eigenvalue weighted by Crippen LogP contribution is -2.36. The van der Waals surface area contributed by atoms with Crippen LogP contribution in [0, 0.1) is 5.82 Å². The van der Waals surface area contributed by atoms with E-state index in [1.54, 1.807) is 37.3 Å². The molecule has 1 saturated heterocycles. The van der Waals surface area contributed by atoms with Crippen LogP contribution in [0.2, 0.25) is 0 Å². The highest BCUT2D eigenvalue weighted by atomic mass is 32.2. The summed E-state index contributed by atoms with van der Waals surface area (Å²) in [6.45, 7) is 4.38. The molecule has 160 valence electrons. The second-order valence-electron chi connectivity index (χ2n) is 6.66. The van der Waals surface area contributed by atoms with Crippen molar-refractivity contribution in [3.63, 3.8) is 0 Å².